The second kappa shape index (κ2) is 31.6. The summed E-state index contributed by atoms with van der Waals surface area (Å²) in [6, 6.07) is 0. The molecule has 0 bridgehead atoms. The predicted octanol–water partition coefficient (Wildman–Crippen LogP) is -1.41. The average Bonchev–Trinajstić information content (AvgIpc) is 2.49. The van der Waals surface area contributed by atoms with Gasteiger partial charge in [0.1, 0.15) is 21.0 Å². The van der Waals surface area contributed by atoms with E-state index in [-0.39, 0.29) is 0 Å². The van der Waals surface area contributed by atoms with Crippen LogP contribution in [0.4, 0.5) is 0 Å². The smallest absolute Gasteiger partial charge is 0.327 e. The highest BCUT2D eigenvalue weighted by Crippen LogP contribution is 1.56. The third-order valence-electron chi connectivity index (χ3n) is 0.698. The van der Waals surface area contributed by atoms with Crippen molar-refractivity contribution >= 4 is 44.8 Å². The standard InChI is InChI=1S/4C3H4O2.H6OSi2/c4*1-2-3(4)5;2-1-3/h4*2H,1H2,(H,4,5);2-3H3. The number of carbonyl (C=O) groups is 4. The van der Waals surface area contributed by atoms with Gasteiger partial charge in [-0.15, -0.1) is 0 Å². The minimum absolute atomic E-state index is 0.833. The van der Waals surface area contributed by atoms with Crippen molar-refractivity contribution in [3.8, 4) is 0 Å². The number of carboxylic acid groups (broad SMARTS) is 4. The molecule has 0 aliphatic rings. The Morgan fingerprint density at radius 2 is 0.652 bits per heavy atom. The molecule has 23 heavy (non-hydrogen) atoms. The summed E-state index contributed by atoms with van der Waals surface area (Å²) in [6.45, 7) is 11.8. The Hall–Kier alpha value is -2.77. The summed E-state index contributed by atoms with van der Waals surface area (Å²) in [5, 5.41) is 30.4. The molecular formula is C12H22O9Si2. The van der Waals surface area contributed by atoms with Crippen molar-refractivity contribution < 1.29 is 43.7 Å². The first-order valence-electron chi connectivity index (χ1n) is 5.32. The van der Waals surface area contributed by atoms with Crippen LogP contribution >= 0.6 is 0 Å². The molecule has 0 unspecified atom stereocenters. The van der Waals surface area contributed by atoms with Gasteiger partial charge in [-0.1, -0.05) is 26.3 Å². The maximum atomic E-state index is 9.25. The van der Waals surface area contributed by atoms with E-state index in [1.54, 1.807) is 0 Å². The second-order valence-electron chi connectivity index (χ2n) is 2.58. The molecular weight excluding hydrogens is 344 g/mol. The average molecular weight is 366 g/mol. The van der Waals surface area contributed by atoms with Crippen LogP contribution in [0, 0.1) is 0 Å². The Bertz CT molecular complexity index is 320. The lowest BCUT2D eigenvalue weighted by molar-refractivity contribution is -0.132. The maximum Gasteiger partial charge on any atom is 0.327 e. The van der Waals surface area contributed by atoms with Crippen LogP contribution in [0.2, 0.25) is 0 Å². The molecule has 0 spiro atoms. The lowest BCUT2D eigenvalue weighted by Crippen LogP contribution is -1.82. The highest BCUT2D eigenvalue weighted by atomic mass is 28.3. The maximum absolute atomic E-state index is 9.25. The monoisotopic (exact) mass is 366 g/mol. The van der Waals surface area contributed by atoms with Crippen LogP contribution < -0.4 is 0 Å². The van der Waals surface area contributed by atoms with Gasteiger partial charge < -0.3 is 24.5 Å². The van der Waals surface area contributed by atoms with Gasteiger partial charge in [-0.25, -0.2) is 19.2 Å². The molecule has 0 rings (SSSR count). The molecule has 0 heterocycles. The summed E-state index contributed by atoms with van der Waals surface area (Å²) < 4.78 is 4.53. The van der Waals surface area contributed by atoms with E-state index in [1.165, 1.54) is 0 Å². The molecule has 0 aromatic heterocycles. The first kappa shape index (κ1) is 32.3. The molecule has 9 nitrogen and oxygen atoms in total. The Labute approximate surface area is 140 Å². The van der Waals surface area contributed by atoms with Gasteiger partial charge >= 0.3 is 23.9 Å². The van der Waals surface area contributed by atoms with Crippen LogP contribution in [0.3, 0.4) is 0 Å². The van der Waals surface area contributed by atoms with E-state index in [4.69, 9.17) is 20.4 Å². The zero-order chi connectivity index (χ0) is 19.8. The summed E-state index contributed by atoms with van der Waals surface area (Å²) in [5.74, 6) is -3.93. The van der Waals surface area contributed by atoms with Crippen molar-refractivity contribution in [2.45, 2.75) is 0 Å². The van der Waals surface area contributed by atoms with Crippen molar-refractivity contribution in [3.05, 3.63) is 50.6 Å². The van der Waals surface area contributed by atoms with Crippen LogP contribution in [0.5, 0.6) is 0 Å². The first-order valence-corrected chi connectivity index (χ1v) is 6.95. The van der Waals surface area contributed by atoms with Crippen molar-refractivity contribution in [1.82, 2.24) is 0 Å². The molecule has 0 saturated carbocycles. The molecule has 0 amide bonds. The molecule has 11 heteroatoms. The van der Waals surface area contributed by atoms with Crippen LogP contribution in [0.25, 0.3) is 0 Å². The lowest BCUT2D eigenvalue weighted by Gasteiger charge is -1.64. The number of rotatable bonds is 4. The number of hydrogen-bond acceptors (Lipinski definition) is 5. The van der Waals surface area contributed by atoms with Crippen molar-refractivity contribution in [2.24, 2.45) is 0 Å². The molecule has 0 aliphatic heterocycles. The van der Waals surface area contributed by atoms with Gasteiger partial charge in [-0.2, -0.15) is 0 Å². The van der Waals surface area contributed by atoms with Crippen molar-refractivity contribution in [1.29, 1.82) is 0 Å². The lowest BCUT2D eigenvalue weighted by atomic mass is 10.7. The minimum atomic E-state index is -0.981. The molecule has 0 aromatic carbocycles. The van der Waals surface area contributed by atoms with Crippen LogP contribution in [0.1, 0.15) is 0 Å². The van der Waals surface area contributed by atoms with E-state index < -0.39 is 23.9 Å². The highest BCUT2D eigenvalue weighted by molar-refractivity contribution is 6.15. The van der Waals surface area contributed by atoms with Gasteiger partial charge in [0.05, 0.1) is 0 Å². The normalized spacial score (nSPS) is 6.61. The van der Waals surface area contributed by atoms with E-state index in [0.29, 0.717) is 0 Å². The van der Waals surface area contributed by atoms with Crippen LogP contribution in [-0.4, -0.2) is 65.3 Å². The second-order valence-corrected chi connectivity index (χ2v) is 5.84. The van der Waals surface area contributed by atoms with Gasteiger partial charge in [-0.3, -0.25) is 0 Å². The van der Waals surface area contributed by atoms with E-state index in [0.717, 1.165) is 45.3 Å². The van der Waals surface area contributed by atoms with Crippen LogP contribution in [-0.2, 0) is 23.3 Å². The van der Waals surface area contributed by atoms with E-state index in [1.807, 2.05) is 0 Å². The predicted molar refractivity (Wildman–Crippen MR) is 92.3 cm³/mol. The molecule has 0 fully saturated rings. The Morgan fingerprint density at radius 1 is 0.609 bits per heavy atom. The number of hydrogen-bond donors (Lipinski definition) is 4. The number of carboxylic acids is 4. The topological polar surface area (TPSA) is 158 Å². The quantitative estimate of drug-likeness (QED) is 0.346. The fraction of sp³-hybridized carbons (Fsp3) is 0. The molecule has 0 radical (unpaired) electrons. The molecule has 0 saturated heterocycles. The zero-order valence-electron chi connectivity index (χ0n) is 13.0. The Morgan fingerprint density at radius 3 is 0.652 bits per heavy atom. The third-order valence-corrected chi connectivity index (χ3v) is 0.698. The summed E-state index contributed by atoms with van der Waals surface area (Å²) >= 11 is 0. The van der Waals surface area contributed by atoms with Gasteiger partial charge in [0.25, 0.3) is 0 Å². The first-order chi connectivity index (χ1) is 10.5. The molecule has 132 valence electrons. The molecule has 0 aromatic rings. The number of aliphatic carboxylic acids is 4. The third kappa shape index (κ3) is 209. The largest absolute Gasteiger partial charge is 0.478 e. The van der Waals surface area contributed by atoms with E-state index >= 15 is 0 Å². The molecule has 0 aliphatic carbocycles. The minimum Gasteiger partial charge on any atom is -0.478 e. The summed E-state index contributed by atoms with van der Waals surface area (Å²) in [5.41, 5.74) is 0. The van der Waals surface area contributed by atoms with Gasteiger partial charge in [0, 0.05) is 24.3 Å². The fourth-order valence-electron chi connectivity index (χ4n) is 0. The summed E-state index contributed by atoms with van der Waals surface area (Å²) in [7, 11) is 1.86. The van der Waals surface area contributed by atoms with E-state index in [9.17, 15) is 19.2 Å². The SMILES string of the molecule is C=CC(=O)O.C=CC(=O)O.C=CC(=O)O.C=CC(=O)O.[SiH3]O[SiH3]. The highest BCUT2D eigenvalue weighted by Gasteiger charge is 1.74. The van der Waals surface area contributed by atoms with Gasteiger partial charge in [-0.05, 0) is 0 Å². The Balaban J connectivity index is -0.0000000593. The van der Waals surface area contributed by atoms with Gasteiger partial charge in [0.15, 0.2) is 0 Å². The molecule has 0 atom stereocenters. The van der Waals surface area contributed by atoms with E-state index in [2.05, 4.69) is 30.4 Å². The van der Waals surface area contributed by atoms with Crippen molar-refractivity contribution in [3.63, 3.8) is 0 Å². The van der Waals surface area contributed by atoms with Crippen LogP contribution in [0.15, 0.2) is 50.6 Å². The summed E-state index contributed by atoms with van der Waals surface area (Å²) in [6.07, 6.45) is 3.33. The van der Waals surface area contributed by atoms with Crippen molar-refractivity contribution in [2.75, 3.05) is 0 Å². The summed E-state index contributed by atoms with van der Waals surface area (Å²) in [4.78, 5) is 37.0. The fourth-order valence-corrected chi connectivity index (χ4v) is 0. The Kier molecular flexibility index (Phi) is 44.3. The van der Waals surface area contributed by atoms with Gasteiger partial charge in [0.2, 0.25) is 0 Å². The molecule has 4 N–H and O–H groups in total. The zero-order valence-corrected chi connectivity index (χ0v) is 17.0.